The van der Waals surface area contributed by atoms with Gasteiger partial charge in [0.05, 0.1) is 0 Å². The van der Waals surface area contributed by atoms with E-state index in [0.717, 1.165) is 24.0 Å². The van der Waals surface area contributed by atoms with Gasteiger partial charge in [-0.1, -0.05) is 18.9 Å². The Hall–Kier alpha value is -1.22. The molecule has 0 amide bonds. The van der Waals surface area contributed by atoms with Gasteiger partial charge in [-0.25, -0.2) is 0 Å². The summed E-state index contributed by atoms with van der Waals surface area (Å²) in [5, 5.41) is 3.35. The first-order valence-corrected chi connectivity index (χ1v) is 7.42. The summed E-state index contributed by atoms with van der Waals surface area (Å²) < 4.78 is 11.3. The Balaban J connectivity index is 1.84. The van der Waals surface area contributed by atoms with Gasteiger partial charge in [-0.05, 0) is 49.4 Å². The molecule has 0 saturated heterocycles. The minimum absolute atomic E-state index is 0.600. The second-order valence-electron chi connectivity index (χ2n) is 5.61. The molecule has 1 aliphatic heterocycles. The molecule has 104 valence electrons. The molecule has 1 heterocycles. The van der Waals surface area contributed by atoms with Gasteiger partial charge in [0.15, 0.2) is 11.5 Å². The van der Waals surface area contributed by atoms with Gasteiger partial charge in [0.2, 0.25) is 0 Å². The molecule has 1 N–H and O–H groups in total. The Labute approximate surface area is 115 Å². The predicted molar refractivity (Wildman–Crippen MR) is 76.1 cm³/mol. The smallest absolute Gasteiger partial charge is 0.161 e. The Kier molecular flexibility index (Phi) is 3.92. The zero-order chi connectivity index (χ0) is 13.1. The van der Waals surface area contributed by atoms with E-state index in [4.69, 9.17) is 9.47 Å². The highest BCUT2D eigenvalue weighted by Gasteiger charge is 2.27. The number of fused-ring (bicyclic) bond motifs is 1. The van der Waals surface area contributed by atoms with Crippen molar-refractivity contribution in [3.63, 3.8) is 0 Å². The van der Waals surface area contributed by atoms with Crippen LogP contribution in [0.15, 0.2) is 18.2 Å². The van der Waals surface area contributed by atoms with Gasteiger partial charge in [-0.2, -0.15) is 0 Å². The van der Waals surface area contributed by atoms with E-state index in [0.29, 0.717) is 19.1 Å². The normalized spacial score (nSPS) is 20.5. The highest BCUT2D eigenvalue weighted by molar-refractivity contribution is 5.45. The number of likely N-dealkylation sites (N-methyl/N-ethyl adjacent to an activating group) is 1. The van der Waals surface area contributed by atoms with Gasteiger partial charge in [0.25, 0.3) is 0 Å². The maximum atomic E-state index is 5.71. The van der Waals surface area contributed by atoms with Gasteiger partial charge in [-0.3, -0.25) is 0 Å². The molecule has 3 nitrogen and oxygen atoms in total. The first-order chi connectivity index (χ1) is 9.38. The SMILES string of the molecule is CNCC(c1ccc2c(c1)OCCO2)C1CCCC1. The fourth-order valence-corrected chi connectivity index (χ4v) is 3.43. The van der Waals surface area contributed by atoms with Crippen LogP contribution in [-0.2, 0) is 0 Å². The summed E-state index contributed by atoms with van der Waals surface area (Å²) in [4.78, 5) is 0. The van der Waals surface area contributed by atoms with E-state index in [1.807, 2.05) is 7.05 Å². The van der Waals surface area contributed by atoms with Gasteiger partial charge in [0.1, 0.15) is 13.2 Å². The lowest BCUT2D eigenvalue weighted by Crippen LogP contribution is -2.23. The molecule has 19 heavy (non-hydrogen) atoms. The van der Waals surface area contributed by atoms with Crippen LogP contribution in [0, 0.1) is 5.92 Å². The summed E-state index contributed by atoms with van der Waals surface area (Å²) in [6.07, 6.45) is 5.49. The molecule has 0 radical (unpaired) electrons. The summed E-state index contributed by atoms with van der Waals surface area (Å²) in [5.41, 5.74) is 1.39. The molecule has 1 atom stereocenters. The Morgan fingerprint density at radius 2 is 1.89 bits per heavy atom. The van der Waals surface area contributed by atoms with Crippen LogP contribution in [0.25, 0.3) is 0 Å². The number of ether oxygens (including phenoxy) is 2. The highest BCUT2D eigenvalue weighted by Crippen LogP contribution is 2.40. The Morgan fingerprint density at radius 1 is 1.16 bits per heavy atom. The lowest BCUT2D eigenvalue weighted by atomic mass is 9.84. The lowest BCUT2D eigenvalue weighted by molar-refractivity contribution is 0.171. The molecular weight excluding hydrogens is 238 g/mol. The van der Waals surface area contributed by atoms with Crippen molar-refractivity contribution >= 4 is 0 Å². The molecule has 1 saturated carbocycles. The second-order valence-corrected chi connectivity index (χ2v) is 5.61. The van der Waals surface area contributed by atoms with Gasteiger partial charge >= 0.3 is 0 Å². The Morgan fingerprint density at radius 3 is 2.63 bits per heavy atom. The van der Waals surface area contributed by atoms with Crippen molar-refractivity contribution in [3.8, 4) is 11.5 Å². The average molecular weight is 261 g/mol. The number of benzene rings is 1. The molecule has 3 heteroatoms. The van der Waals surface area contributed by atoms with Gasteiger partial charge in [0, 0.05) is 6.54 Å². The molecular formula is C16H23NO2. The van der Waals surface area contributed by atoms with E-state index in [1.165, 1.54) is 31.2 Å². The average Bonchev–Trinajstić information content (AvgIpc) is 2.98. The van der Waals surface area contributed by atoms with Crippen LogP contribution >= 0.6 is 0 Å². The van der Waals surface area contributed by atoms with Crippen molar-refractivity contribution in [2.45, 2.75) is 31.6 Å². The number of hydrogen-bond acceptors (Lipinski definition) is 3. The summed E-state index contributed by atoms with van der Waals surface area (Å²) in [6.45, 7) is 2.37. The lowest BCUT2D eigenvalue weighted by Gasteiger charge is -2.26. The standard InChI is InChI=1S/C16H23NO2/c1-17-11-14(12-4-2-3-5-12)13-6-7-15-16(10-13)19-9-8-18-15/h6-7,10,12,14,17H,2-5,8-9,11H2,1H3. The van der Waals surface area contributed by atoms with Crippen LogP contribution in [0.5, 0.6) is 11.5 Å². The maximum absolute atomic E-state index is 5.71. The number of hydrogen-bond donors (Lipinski definition) is 1. The molecule has 1 aliphatic carbocycles. The minimum Gasteiger partial charge on any atom is -0.486 e. The third kappa shape index (κ3) is 2.71. The van der Waals surface area contributed by atoms with Gasteiger partial charge in [-0.15, -0.1) is 0 Å². The molecule has 1 unspecified atom stereocenters. The summed E-state index contributed by atoms with van der Waals surface area (Å²) in [5.74, 6) is 3.23. The predicted octanol–water partition coefficient (Wildman–Crippen LogP) is 2.95. The maximum Gasteiger partial charge on any atom is 0.161 e. The summed E-state index contributed by atoms with van der Waals surface area (Å²) in [7, 11) is 2.04. The molecule has 0 bridgehead atoms. The van der Waals surface area contributed by atoms with E-state index in [-0.39, 0.29) is 0 Å². The van der Waals surface area contributed by atoms with Crippen molar-refractivity contribution in [1.82, 2.24) is 5.32 Å². The fraction of sp³-hybridized carbons (Fsp3) is 0.625. The molecule has 3 rings (SSSR count). The van der Waals surface area contributed by atoms with E-state index in [9.17, 15) is 0 Å². The summed E-state index contributed by atoms with van der Waals surface area (Å²) >= 11 is 0. The van der Waals surface area contributed by atoms with Crippen LogP contribution in [0.2, 0.25) is 0 Å². The van der Waals surface area contributed by atoms with Crippen LogP contribution in [0.3, 0.4) is 0 Å². The van der Waals surface area contributed by atoms with E-state index >= 15 is 0 Å². The quantitative estimate of drug-likeness (QED) is 0.904. The fourth-order valence-electron chi connectivity index (χ4n) is 3.43. The molecule has 1 aromatic carbocycles. The van der Waals surface area contributed by atoms with E-state index < -0.39 is 0 Å². The first kappa shape index (κ1) is 12.8. The second kappa shape index (κ2) is 5.83. The van der Waals surface area contributed by atoms with Crippen LogP contribution in [-0.4, -0.2) is 26.8 Å². The summed E-state index contributed by atoms with van der Waals surface area (Å²) in [6, 6.07) is 6.48. The van der Waals surface area contributed by atoms with Gasteiger partial charge < -0.3 is 14.8 Å². The van der Waals surface area contributed by atoms with Crippen LogP contribution in [0.1, 0.15) is 37.2 Å². The van der Waals surface area contributed by atoms with Crippen molar-refractivity contribution < 1.29 is 9.47 Å². The van der Waals surface area contributed by atoms with Crippen LogP contribution < -0.4 is 14.8 Å². The van der Waals surface area contributed by atoms with Crippen molar-refractivity contribution in [2.24, 2.45) is 5.92 Å². The molecule has 1 aromatic rings. The largest absolute Gasteiger partial charge is 0.486 e. The monoisotopic (exact) mass is 261 g/mol. The molecule has 0 aromatic heterocycles. The molecule has 2 aliphatic rings. The zero-order valence-electron chi connectivity index (χ0n) is 11.7. The van der Waals surface area contributed by atoms with E-state index in [2.05, 4.69) is 23.5 Å². The van der Waals surface area contributed by atoms with Crippen molar-refractivity contribution in [1.29, 1.82) is 0 Å². The zero-order valence-corrected chi connectivity index (χ0v) is 11.7. The highest BCUT2D eigenvalue weighted by atomic mass is 16.6. The molecule has 1 fully saturated rings. The van der Waals surface area contributed by atoms with Crippen LogP contribution in [0.4, 0.5) is 0 Å². The van der Waals surface area contributed by atoms with Crippen molar-refractivity contribution in [3.05, 3.63) is 23.8 Å². The number of rotatable bonds is 4. The molecule has 0 spiro atoms. The third-order valence-electron chi connectivity index (χ3n) is 4.39. The topological polar surface area (TPSA) is 30.5 Å². The minimum atomic E-state index is 0.600. The van der Waals surface area contributed by atoms with E-state index in [1.54, 1.807) is 0 Å². The van der Waals surface area contributed by atoms with Crippen molar-refractivity contribution in [2.75, 3.05) is 26.8 Å². The third-order valence-corrected chi connectivity index (χ3v) is 4.39. The number of nitrogens with one attached hydrogen (secondary N) is 1. The Bertz CT molecular complexity index is 427. The first-order valence-electron chi connectivity index (χ1n) is 7.42.